The van der Waals surface area contributed by atoms with Crippen molar-refractivity contribution in [2.75, 3.05) is 27.4 Å². The van der Waals surface area contributed by atoms with Crippen LogP contribution in [0.5, 0.6) is 11.5 Å². The molecule has 1 heterocycles. The second-order valence-electron chi connectivity index (χ2n) is 5.90. The highest BCUT2D eigenvalue weighted by Crippen LogP contribution is 2.48. The summed E-state index contributed by atoms with van der Waals surface area (Å²) in [7, 11) is 3.33. The summed E-state index contributed by atoms with van der Waals surface area (Å²) in [5, 5.41) is 13.1. The molecule has 1 aliphatic carbocycles. The van der Waals surface area contributed by atoms with Crippen LogP contribution in [-0.2, 0) is 5.41 Å². The Labute approximate surface area is 120 Å². The van der Waals surface area contributed by atoms with Crippen LogP contribution < -0.4 is 14.8 Å². The van der Waals surface area contributed by atoms with E-state index in [1.807, 2.05) is 6.07 Å². The third kappa shape index (κ3) is 1.98. The molecule has 0 aromatic heterocycles. The van der Waals surface area contributed by atoms with Crippen molar-refractivity contribution >= 4 is 0 Å². The molecule has 1 fully saturated rings. The van der Waals surface area contributed by atoms with Gasteiger partial charge in [0, 0.05) is 12.0 Å². The van der Waals surface area contributed by atoms with Crippen LogP contribution in [0.15, 0.2) is 12.1 Å². The maximum absolute atomic E-state index is 9.62. The minimum Gasteiger partial charge on any atom is -0.493 e. The van der Waals surface area contributed by atoms with Gasteiger partial charge >= 0.3 is 0 Å². The van der Waals surface area contributed by atoms with Crippen molar-refractivity contribution in [1.82, 2.24) is 5.32 Å². The Balaban J connectivity index is 2.14. The molecule has 110 valence electrons. The Morgan fingerprint density at radius 2 is 1.85 bits per heavy atom. The van der Waals surface area contributed by atoms with E-state index in [4.69, 9.17) is 9.47 Å². The molecule has 1 spiro atoms. The van der Waals surface area contributed by atoms with Gasteiger partial charge in [-0.05, 0) is 36.1 Å². The third-order valence-electron chi connectivity index (χ3n) is 4.93. The summed E-state index contributed by atoms with van der Waals surface area (Å²) in [4.78, 5) is 0. The largest absolute Gasteiger partial charge is 0.493 e. The van der Waals surface area contributed by atoms with Crippen molar-refractivity contribution in [2.45, 2.75) is 37.1 Å². The molecule has 4 heteroatoms. The standard InChI is InChI=1S/C16H23NO3/c1-19-14-7-11-12(8-15(14)20-2)16(5-3-4-6-16)10-17-13(11)9-18/h7-8,13,17-18H,3-6,9-10H2,1-2H3/t13-/m0/s1. The molecule has 0 radical (unpaired) electrons. The van der Waals surface area contributed by atoms with Crippen LogP contribution in [0.3, 0.4) is 0 Å². The predicted molar refractivity (Wildman–Crippen MR) is 77.5 cm³/mol. The molecule has 3 rings (SSSR count). The number of hydrogen-bond donors (Lipinski definition) is 2. The first-order chi connectivity index (χ1) is 9.74. The lowest BCUT2D eigenvalue weighted by molar-refractivity contribution is 0.218. The second-order valence-corrected chi connectivity index (χ2v) is 5.90. The normalized spacial score (nSPS) is 23.6. The lowest BCUT2D eigenvalue weighted by Gasteiger charge is -2.40. The molecule has 0 amide bonds. The zero-order valence-electron chi connectivity index (χ0n) is 12.2. The van der Waals surface area contributed by atoms with Crippen LogP contribution in [0.4, 0.5) is 0 Å². The first-order valence-electron chi connectivity index (χ1n) is 7.35. The molecule has 1 aliphatic heterocycles. The average Bonchev–Trinajstić information content (AvgIpc) is 2.96. The summed E-state index contributed by atoms with van der Waals surface area (Å²) >= 11 is 0. The van der Waals surface area contributed by atoms with E-state index in [0.717, 1.165) is 18.0 Å². The van der Waals surface area contributed by atoms with Crippen LogP contribution in [0.25, 0.3) is 0 Å². The first kappa shape index (κ1) is 13.7. The minimum absolute atomic E-state index is 0.00367. The Hall–Kier alpha value is -1.26. The smallest absolute Gasteiger partial charge is 0.161 e. The van der Waals surface area contributed by atoms with E-state index in [2.05, 4.69) is 11.4 Å². The molecule has 1 atom stereocenters. The molecule has 1 saturated carbocycles. The SMILES string of the molecule is COc1cc2c(cc1OC)C1(CCCC1)CN[C@H]2CO. The number of aliphatic hydroxyl groups excluding tert-OH is 1. The molecule has 2 N–H and O–H groups in total. The number of benzene rings is 1. The molecule has 2 aliphatic rings. The van der Waals surface area contributed by atoms with Gasteiger partial charge in [0.15, 0.2) is 11.5 Å². The quantitative estimate of drug-likeness (QED) is 0.889. The number of nitrogens with one attached hydrogen (secondary N) is 1. The zero-order chi connectivity index (χ0) is 14.2. The van der Waals surface area contributed by atoms with Gasteiger partial charge in [-0.15, -0.1) is 0 Å². The van der Waals surface area contributed by atoms with Crippen LogP contribution in [0.2, 0.25) is 0 Å². The molecule has 1 aromatic rings. The van der Waals surface area contributed by atoms with Gasteiger partial charge in [0.05, 0.1) is 26.9 Å². The lowest BCUT2D eigenvalue weighted by Crippen LogP contribution is -2.45. The number of fused-ring (bicyclic) bond motifs is 2. The summed E-state index contributed by atoms with van der Waals surface area (Å²) in [5.41, 5.74) is 2.71. The van der Waals surface area contributed by atoms with Crippen molar-refractivity contribution in [3.8, 4) is 11.5 Å². The monoisotopic (exact) mass is 277 g/mol. The fourth-order valence-electron chi connectivity index (χ4n) is 3.83. The predicted octanol–water partition coefficient (Wildman–Crippen LogP) is 2.15. The fraction of sp³-hybridized carbons (Fsp3) is 0.625. The van der Waals surface area contributed by atoms with Crippen molar-refractivity contribution in [3.63, 3.8) is 0 Å². The summed E-state index contributed by atoms with van der Waals surface area (Å²) in [6, 6.07) is 4.15. The Kier molecular flexibility index (Phi) is 3.61. The molecule has 20 heavy (non-hydrogen) atoms. The number of ether oxygens (including phenoxy) is 2. The minimum atomic E-state index is -0.00367. The van der Waals surface area contributed by atoms with E-state index >= 15 is 0 Å². The highest BCUT2D eigenvalue weighted by Gasteiger charge is 2.42. The third-order valence-corrected chi connectivity index (χ3v) is 4.93. The van der Waals surface area contributed by atoms with E-state index in [1.165, 1.54) is 36.8 Å². The van der Waals surface area contributed by atoms with Crippen LogP contribution in [0.1, 0.15) is 42.9 Å². The Morgan fingerprint density at radius 1 is 1.20 bits per heavy atom. The zero-order valence-corrected chi connectivity index (χ0v) is 12.2. The Morgan fingerprint density at radius 3 is 2.45 bits per heavy atom. The number of methoxy groups -OCH3 is 2. The summed E-state index contributed by atoms with van der Waals surface area (Å²) in [5.74, 6) is 1.53. The molecule has 0 unspecified atom stereocenters. The van der Waals surface area contributed by atoms with Gasteiger partial charge in [0.25, 0.3) is 0 Å². The van der Waals surface area contributed by atoms with Crippen LogP contribution >= 0.6 is 0 Å². The van der Waals surface area contributed by atoms with E-state index in [1.54, 1.807) is 14.2 Å². The molecule has 1 aromatic carbocycles. The molecule has 0 saturated heterocycles. The highest BCUT2D eigenvalue weighted by atomic mass is 16.5. The topological polar surface area (TPSA) is 50.7 Å². The van der Waals surface area contributed by atoms with Gasteiger partial charge in [0.2, 0.25) is 0 Å². The summed E-state index contributed by atoms with van der Waals surface area (Å²) in [6.07, 6.45) is 4.97. The van der Waals surface area contributed by atoms with Gasteiger partial charge in [-0.2, -0.15) is 0 Å². The van der Waals surface area contributed by atoms with Crippen molar-refractivity contribution < 1.29 is 14.6 Å². The lowest BCUT2D eigenvalue weighted by atomic mass is 9.72. The van der Waals surface area contributed by atoms with E-state index < -0.39 is 0 Å². The first-order valence-corrected chi connectivity index (χ1v) is 7.35. The average molecular weight is 277 g/mol. The van der Waals surface area contributed by atoms with Crippen LogP contribution in [-0.4, -0.2) is 32.5 Å². The van der Waals surface area contributed by atoms with Gasteiger partial charge < -0.3 is 19.9 Å². The highest BCUT2D eigenvalue weighted by molar-refractivity contribution is 5.52. The molecule has 4 nitrogen and oxygen atoms in total. The van der Waals surface area contributed by atoms with Crippen molar-refractivity contribution in [1.29, 1.82) is 0 Å². The van der Waals surface area contributed by atoms with Gasteiger partial charge in [-0.25, -0.2) is 0 Å². The fourth-order valence-corrected chi connectivity index (χ4v) is 3.83. The molecule has 0 bridgehead atoms. The maximum Gasteiger partial charge on any atom is 0.161 e. The summed E-state index contributed by atoms with van der Waals surface area (Å²) in [6.45, 7) is 1.05. The molecular formula is C16H23NO3. The summed E-state index contributed by atoms with van der Waals surface area (Å²) < 4.78 is 10.9. The number of rotatable bonds is 3. The van der Waals surface area contributed by atoms with Gasteiger partial charge in [-0.1, -0.05) is 12.8 Å². The Bertz CT molecular complexity index is 495. The van der Waals surface area contributed by atoms with Crippen LogP contribution in [0, 0.1) is 0 Å². The van der Waals surface area contributed by atoms with E-state index in [0.29, 0.717) is 0 Å². The van der Waals surface area contributed by atoms with E-state index in [9.17, 15) is 5.11 Å². The number of hydrogen-bond acceptors (Lipinski definition) is 4. The van der Waals surface area contributed by atoms with Crippen molar-refractivity contribution in [2.24, 2.45) is 0 Å². The van der Waals surface area contributed by atoms with E-state index in [-0.39, 0.29) is 18.1 Å². The number of aliphatic hydroxyl groups is 1. The molecular weight excluding hydrogens is 254 g/mol. The maximum atomic E-state index is 9.62. The second kappa shape index (κ2) is 5.26. The van der Waals surface area contributed by atoms with Crippen molar-refractivity contribution in [3.05, 3.63) is 23.3 Å². The van der Waals surface area contributed by atoms with Gasteiger partial charge in [-0.3, -0.25) is 0 Å². The van der Waals surface area contributed by atoms with Gasteiger partial charge in [0.1, 0.15) is 0 Å².